The van der Waals surface area contributed by atoms with E-state index in [1.165, 1.54) is 17.6 Å². The van der Waals surface area contributed by atoms with Gasteiger partial charge in [-0.05, 0) is 38.3 Å². The van der Waals surface area contributed by atoms with Gasteiger partial charge in [-0.3, -0.25) is 9.48 Å². The fourth-order valence-electron chi connectivity index (χ4n) is 3.32. The minimum atomic E-state index is 0.0327. The number of hydrogen-bond acceptors (Lipinski definition) is 4. The highest BCUT2D eigenvalue weighted by molar-refractivity contribution is 5.77. The lowest BCUT2D eigenvalue weighted by molar-refractivity contribution is -0.121. The van der Waals surface area contributed by atoms with Crippen molar-refractivity contribution in [3.63, 3.8) is 0 Å². The van der Waals surface area contributed by atoms with Gasteiger partial charge in [0.25, 0.3) is 0 Å². The van der Waals surface area contributed by atoms with Gasteiger partial charge < -0.3 is 10.2 Å². The van der Waals surface area contributed by atoms with E-state index < -0.39 is 0 Å². The molecule has 0 bridgehead atoms. The molecule has 2 heterocycles. The molecule has 2 atom stereocenters. The van der Waals surface area contributed by atoms with Gasteiger partial charge in [0, 0.05) is 30.7 Å². The summed E-state index contributed by atoms with van der Waals surface area (Å²) in [4.78, 5) is 18.5. The first kappa shape index (κ1) is 16.5. The summed E-state index contributed by atoms with van der Waals surface area (Å²) in [5, 5.41) is 7.11. The Labute approximate surface area is 142 Å². The van der Waals surface area contributed by atoms with Crippen LogP contribution < -0.4 is 10.2 Å². The van der Waals surface area contributed by atoms with Crippen LogP contribution in [0.3, 0.4) is 0 Å². The Bertz CT molecular complexity index is 670. The van der Waals surface area contributed by atoms with E-state index >= 15 is 0 Å². The van der Waals surface area contributed by atoms with Gasteiger partial charge in [0.1, 0.15) is 12.7 Å². The number of carbonyl (C=O) groups is 1. The summed E-state index contributed by atoms with van der Waals surface area (Å²) < 4.78 is 1.73. The molecule has 1 aromatic carbocycles. The Morgan fingerprint density at radius 3 is 3.04 bits per heavy atom. The Balaban J connectivity index is 1.52. The minimum Gasteiger partial charge on any atom is -0.368 e. The first-order valence-electron chi connectivity index (χ1n) is 8.60. The van der Waals surface area contributed by atoms with Gasteiger partial charge in [-0.25, -0.2) is 4.98 Å². The molecule has 3 rings (SSSR count). The number of amides is 1. The molecule has 0 saturated carbocycles. The fraction of sp³-hybridized carbons (Fsp3) is 0.500. The molecule has 6 heteroatoms. The Kier molecular flexibility index (Phi) is 5.13. The molecule has 1 N–H and O–H groups in total. The Hall–Kier alpha value is -2.37. The van der Waals surface area contributed by atoms with E-state index in [-0.39, 0.29) is 11.9 Å². The van der Waals surface area contributed by atoms with Gasteiger partial charge in [0.05, 0.1) is 6.54 Å². The Morgan fingerprint density at radius 2 is 2.25 bits per heavy atom. The first-order chi connectivity index (χ1) is 11.6. The Morgan fingerprint density at radius 1 is 1.42 bits per heavy atom. The first-order valence-corrected chi connectivity index (χ1v) is 8.60. The number of para-hydroxylation sites is 1. The second kappa shape index (κ2) is 7.47. The molecule has 0 radical (unpaired) electrons. The molecular weight excluding hydrogens is 302 g/mol. The zero-order valence-corrected chi connectivity index (χ0v) is 14.4. The number of aromatic nitrogens is 3. The standard InChI is InChI=1S/C18H25N5O/c1-14(11-22-13-19-12-20-22)21-18(24)9-10-23-15(2)7-8-16-5-3-4-6-17(16)23/h3-6,12-15H,7-11H2,1-2H3,(H,21,24)/t14-,15+/m0/s1. The van der Waals surface area contributed by atoms with Gasteiger partial charge in [0.15, 0.2) is 0 Å². The number of anilines is 1. The second-order valence-electron chi connectivity index (χ2n) is 6.55. The van der Waals surface area contributed by atoms with Gasteiger partial charge in [-0.15, -0.1) is 0 Å². The third-order valence-electron chi connectivity index (χ3n) is 4.58. The van der Waals surface area contributed by atoms with Crippen LogP contribution in [0.2, 0.25) is 0 Å². The number of hydrogen-bond donors (Lipinski definition) is 1. The summed E-state index contributed by atoms with van der Waals surface area (Å²) in [5.74, 6) is 0.0814. The van der Waals surface area contributed by atoms with Crippen molar-refractivity contribution in [3.8, 4) is 0 Å². The molecule has 0 fully saturated rings. The van der Waals surface area contributed by atoms with E-state index in [0.29, 0.717) is 19.0 Å². The zero-order chi connectivity index (χ0) is 16.9. The molecule has 0 unspecified atom stereocenters. The van der Waals surface area contributed by atoms with Crippen molar-refractivity contribution in [2.24, 2.45) is 0 Å². The summed E-state index contributed by atoms with van der Waals surface area (Å²) in [6, 6.07) is 9.02. The largest absolute Gasteiger partial charge is 0.368 e. The normalized spacial score (nSPS) is 18.1. The van der Waals surface area contributed by atoms with Crippen molar-refractivity contribution in [1.29, 1.82) is 0 Å². The SMILES string of the molecule is C[C@@H]1CCc2ccccc2N1CCC(=O)N[C@@H](C)Cn1cncn1. The van der Waals surface area contributed by atoms with Crippen LogP contribution in [0.4, 0.5) is 5.69 Å². The zero-order valence-electron chi connectivity index (χ0n) is 14.4. The highest BCUT2D eigenvalue weighted by Gasteiger charge is 2.23. The van der Waals surface area contributed by atoms with Crippen molar-refractivity contribution in [2.75, 3.05) is 11.4 Å². The lowest BCUT2D eigenvalue weighted by Gasteiger charge is -2.37. The van der Waals surface area contributed by atoms with E-state index in [0.717, 1.165) is 19.4 Å². The maximum atomic E-state index is 12.3. The van der Waals surface area contributed by atoms with Crippen LogP contribution in [0, 0.1) is 0 Å². The van der Waals surface area contributed by atoms with Crippen LogP contribution in [-0.2, 0) is 17.8 Å². The van der Waals surface area contributed by atoms with Crippen LogP contribution in [0.5, 0.6) is 0 Å². The molecule has 2 aromatic rings. The van der Waals surface area contributed by atoms with Gasteiger partial charge in [-0.2, -0.15) is 5.10 Å². The third kappa shape index (κ3) is 3.93. The van der Waals surface area contributed by atoms with Crippen LogP contribution >= 0.6 is 0 Å². The van der Waals surface area contributed by atoms with E-state index in [4.69, 9.17) is 0 Å². The molecule has 1 aliphatic rings. The average Bonchev–Trinajstić information content (AvgIpc) is 3.06. The number of carbonyl (C=O) groups excluding carboxylic acids is 1. The van der Waals surface area contributed by atoms with E-state index in [2.05, 4.69) is 51.5 Å². The summed E-state index contributed by atoms with van der Waals surface area (Å²) in [6.45, 7) is 5.61. The lowest BCUT2D eigenvalue weighted by Crippen LogP contribution is -2.41. The van der Waals surface area contributed by atoms with Crippen LogP contribution in [-0.4, -0.2) is 39.3 Å². The van der Waals surface area contributed by atoms with Gasteiger partial charge in [-0.1, -0.05) is 18.2 Å². The van der Waals surface area contributed by atoms with Crippen LogP contribution in [0.15, 0.2) is 36.9 Å². The molecular formula is C18H25N5O. The molecule has 1 aliphatic heterocycles. The molecule has 1 amide bonds. The molecule has 128 valence electrons. The maximum Gasteiger partial charge on any atom is 0.222 e. The molecule has 0 aliphatic carbocycles. The molecule has 0 saturated heterocycles. The van der Waals surface area contributed by atoms with Crippen molar-refractivity contribution in [1.82, 2.24) is 20.1 Å². The average molecular weight is 327 g/mol. The van der Waals surface area contributed by atoms with Gasteiger partial charge in [0.2, 0.25) is 5.91 Å². The maximum absolute atomic E-state index is 12.3. The van der Waals surface area contributed by atoms with E-state index in [1.807, 2.05) is 6.92 Å². The van der Waals surface area contributed by atoms with Crippen molar-refractivity contribution in [2.45, 2.75) is 51.7 Å². The fourth-order valence-corrected chi connectivity index (χ4v) is 3.32. The van der Waals surface area contributed by atoms with E-state index in [1.54, 1.807) is 11.0 Å². The quantitative estimate of drug-likeness (QED) is 0.881. The number of benzene rings is 1. The lowest BCUT2D eigenvalue weighted by atomic mass is 9.96. The number of nitrogens with zero attached hydrogens (tertiary/aromatic N) is 4. The van der Waals surface area contributed by atoms with Gasteiger partial charge >= 0.3 is 0 Å². The minimum absolute atomic E-state index is 0.0327. The van der Waals surface area contributed by atoms with Crippen molar-refractivity contribution >= 4 is 11.6 Å². The molecule has 24 heavy (non-hydrogen) atoms. The summed E-state index contributed by atoms with van der Waals surface area (Å²) >= 11 is 0. The predicted molar refractivity (Wildman–Crippen MR) is 93.8 cm³/mol. The number of aryl methyl sites for hydroxylation is 1. The smallest absolute Gasteiger partial charge is 0.222 e. The topological polar surface area (TPSA) is 63.1 Å². The summed E-state index contributed by atoms with van der Waals surface area (Å²) in [6.07, 6.45) is 5.93. The number of fused-ring (bicyclic) bond motifs is 1. The highest BCUT2D eigenvalue weighted by Crippen LogP contribution is 2.30. The highest BCUT2D eigenvalue weighted by atomic mass is 16.1. The van der Waals surface area contributed by atoms with E-state index in [9.17, 15) is 4.79 Å². The number of rotatable bonds is 6. The van der Waals surface area contributed by atoms with Crippen LogP contribution in [0.25, 0.3) is 0 Å². The van der Waals surface area contributed by atoms with Crippen molar-refractivity contribution in [3.05, 3.63) is 42.5 Å². The van der Waals surface area contributed by atoms with Crippen molar-refractivity contribution < 1.29 is 4.79 Å². The number of nitrogens with one attached hydrogen (secondary N) is 1. The van der Waals surface area contributed by atoms with Crippen LogP contribution in [0.1, 0.15) is 32.3 Å². The predicted octanol–water partition coefficient (Wildman–Crippen LogP) is 2.01. The molecule has 1 aromatic heterocycles. The summed E-state index contributed by atoms with van der Waals surface area (Å²) in [5.41, 5.74) is 2.66. The molecule has 6 nitrogen and oxygen atoms in total. The monoisotopic (exact) mass is 327 g/mol. The molecule has 0 spiro atoms. The third-order valence-corrected chi connectivity index (χ3v) is 4.58. The second-order valence-corrected chi connectivity index (χ2v) is 6.55. The summed E-state index contributed by atoms with van der Waals surface area (Å²) in [7, 11) is 0.